The van der Waals surface area contributed by atoms with Gasteiger partial charge in [-0.25, -0.2) is 8.42 Å². The molecule has 3 atom stereocenters. The largest absolute Gasteiger partial charge is 1.00 e. The van der Waals surface area contributed by atoms with E-state index in [0.29, 0.717) is 5.75 Å². The topological polar surface area (TPSA) is 84.9 Å². The molecular formula is C16H20I3NaO6S. The van der Waals surface area contributed by atoms with E-state index in [9.17, 15) is 13.0 Å². The third kappa shape index (κ3) is 8.24. The number of ether oxygens (including phenoxy) is 3. The van der Waals surface area contributed by atoms with Crippen molar-refractivity contribution in [3.63, 3.8) is 0 Å². The molecule has 1 aromatic rings. The summed E-state index contributed by atoms with van der Waals surface area (Å²) < 4.78 is 53.3. The summed E-state index contributed by atoms with van der Waals surface area (Å²) in [7, 11) is -4.24. The molecule has 1 aliphatic rings. The van der Waals surface area contributed by atoms with Crippen LogP contribution < -0.4 is 34.3 Å². The van der Waals surface area contributed by atoms with Crippen LogP contribution in [0.1, 0.15) is 45.0 Å². The maximum absolute atomic E-state index is 10.8. The first-order chi connectivity index (χ1) is 12.1. The Labute approximate surface area is 223 Å². The van der Waals surface area contributed by atoms with E-state index in [2.05, 4.69) is 74.7 Å². The molecule has 11 heteroatoms. The molecule has 3 unspecified atom stereocenters. The zero-order valence-electron chi connectivity index (χ0n) is 15.3. The van der Waals surface area contributed by atoms with E-state index >= 15 is 0 Å². The Morgan fingerprint density at radius 3 is 2.52 bits per heavy atom. The summed E-state index contributed by atoms with van der Waals surface area (Å²) in [5, 5.41) is 0. The number of benzene rings is 1. The van der Waals surface area contributed by atoms with Gasteiger partial charge in [-0.05, 0) is 100 Å². The Kier molecular flexibility index (Phi) is 12.2. The molecule has 1 fully saturated rings. The Balaban J connectivity index is 0.00000364. The van der Waals surface area contributed by atoms with E-state index in [1.807, 2.05) is 13.0 Å². The molecule has 2 rings (SSSR count). The monoisotopic (exact) mass is 744 g/mol. The first-order valence-electron chi connectivity index (χ1n) is 8.17. The third-order valence-electron chi connectivity index (χ3n) is 3.91. The first-order valence-corrected chi connectivity index (χ1v) is 13.0. The van der Waals surface area contributed by atoms with Gasteiger partial charge in [-0.3, -0.25) is 0 Å². The van der Waals surface area contributed by atoms with Crippen LogP contribution in [0.15, 0.2) is 6.07 Å². The van der Waals surface area contributed by atoms with Crippen LogP contribution in [0.25, 0.3) is 0 Å². The molecular weight excluding hydrogens is 724 g/mol. The minimum atomic E-state index is -4.24. The van der Waals surface area contributed by atoms with Crippen molar-refractivity contribution in [3.05, 3.63) is 22.3 Å². The number of hydrogen-bond donors (Lipinski definition) is 0. The summed E-state index contributed by atoms with van der Waals surface area (Å²) >= 11 is 6.72. The minimum absolute atomic E-state index is 0. The minimum Gasteiger partial charge on any atom is -0.748 e. The van der Waals surface area contributed by atoms with E-state index in [4.69, 9.17) is 14.2 Å². The van der Waals surface area contributed by atoms with E-state index in [0.717, 1.165) is 29.1 Å². The molecule has 0 N–H and O–H groups in total. The van der Waals surface area contributed by atoms with Gasteiger partial charge in [0.25, 0.3) is 0 Å². The number of rotatable bonds is 7. The second-order valence-electron chi connectivity index (χ2n) is 6.05. The molecule has 0 saturated carbocycles. The quantitative estimate of drug-likeness (QED) is 0.138. The van der Waals surface area contributed by atoms with Crippen LogP contribution in [0.4, 0.5) is 0 Å². The standard InChI is InChI=1S/C16H21I3O6S.Na/c1-3-10-7-9(2)24-16(25-10)11-8-12(17)13(18)14(19)15(11)23-5-4-6-26(20,21)22;/h8-10,16H,3-7H2,1-2H3,(H,20,21,22);/q;+1/p-1. The maximum atomic E-state index is 10.8. The summed E-state index contributed by atoms with van der Waals surface area (Å²) in [5.41, 5.74) is 0.800. The zero-order chi connectivity index (χ0) is 19.5. The molecule has 0 aliphatic carbocycles. The Hall–Kier alpha value is 2.04. The van der Waals surface area contributed by atoms with Crippen LogP contribution in [-0.4, -0.2) is 37.5 Å². The Bertz CT molecular complexity index is 746. The van der Waals surface area contributed by atoms with Gasteiger partial charge in [-0.1, -0.05) is 6.92 Å². The van der Waals surface area contributed by atoms with Gasteiger partial charge in [-0.15, -0.1) is 0 Å². The Morgan fingerprint density at radius 2 is 1.93 bits per heavy atom. The van der Waals surface area contributed by atoms with Crippen molar-refractivity contribution in [2.24, 2.45) is 0 Å². The predicted molar refractivity (Wildman–Crippen MR) is 122 cm³/mol. The van der Waals surface area contributed by atoms with Crippen LogP contribution >= 0.6 is 67.8 Å². The number of hydrogen-bond acceptors (Lipinski definition) is 6. The summed E-state index contributed by atoms with van der Waals surface area (Å²) in [6.07, 6.45) is 1.57. The van der Waals surface area contributed by atoms with Gasteiger partial charge in [0, 0.05) is 12.9 Å². The molecule has 0 spiro atoms. The fraction of sp³-hybridized carbons (Fsp3) is 0.625. The van der Waals surface area contributed by atoms with Crippen LogP contribution in [0.2, 0.25) is 0 Å². The van der Waals surface area contributed by atoms with Crippen molar-refractivity contribution in [2.75, 3.05) is 12.4 Å². The van der Waals surface area contributed by atoms with Crippen molar-refractivity contribution in [1.82, 2.24) is 0 Å². The molecule has 1 saturated heterocycles. The number of halogens is 3. The molecule has 148 valence electrons. The Morgan fingerprint density at radius 1 is 1.26 bits per heavy atom. The first kappa shape index (κ1) is 27.1. The van der Waals surface area contributed by atoms with Crippen LogP contribution in [0.3, 0.4) is 0 Å². The van der Waals surface area contributed by atoms with Gasteiger partial charge >= 0.3 is 29.6 Å². The summed E-state index contributed by atoms with van der Waals surface area (Å²) in [6, 6.07) is 1.99. The van der Waals surface area contributed by atoms with Crippen LogP contribution in [0, 0.1) is 10.7 Å². The van der Waals surface area contributed by atoms with Gasteiger partial charge in [0.1, 0.15) is 5.75 Å². The van der Waals surface area contributed by atoms with E-state index in [1.54, 1.807) is 0 Å². The van der Waals surface area contributed by atoms with Crippen molar-refractivity contribution in [2.45, 2.75) is 51.6 Å². The molecule has 1 aromatic carbocycles. The zero-order valence-corrected chi connectivity index (χ0v) is 24.6. The normalized spacial score (nSPS) is 23.0. The molecule has 1 heterocycles. The average Bonchev–Trinajstić information content (AvgIpc) is 2.56. The van der Waals surface area contributed by atoms with Crippen molar-refractivity contribution in [3.8, 4) is 5.75 Å². The van der Waals surface area contributed by atoms with Crippen molar-refractivity contribution >= 4 is 77.9 Å². The molecule has 0 aromatic heterocycles. The van der Waals surface area contributed by atoms with Crippen LogP contribution in [-0.2, 0) is 19.6 Å². The molecule has 27 heavy (non-hydrogen) atoms. The molecule has 0 bridgehead atoms. The molecule has 6 nitrogen and oxygen atoms in total. The molecule has 0 amide bonds. The van der Waals surface area contributed by atoms with Gasteiger partial charge in [0.05, 0.1) is 38.1 Å². The van der Waals surface area contributed by atoms with Gasteiger partial charge in [0.2, 0.25) is 0 Å². The predicted octanol–water partition coefficient (Wildman–Crippen LogP) is 1.42. The third-order valence-corrected chi connectivity index (χ3v) is 9.76. The van der Waals surface area contributed by atoms with Crippen molar-refractivity contribution < 1.29 is 56.7 Å². The fourth-order valence-corrected chi connectivity index (χ4v) is 5.39. The summed E-state index contributed by atoms with van der Waals surface area (Å²) in [6.45, 7) is 4.25. The van der Waals surface area contributed by atoms with Crippen LogP contribution in [0.5, 0.6) is 5.75 Å². The van der Waals surface area contributed by atoms with Gasteiger partial charge in [-0.2, -0.15) is 0 Å². The summed E-state index contributed by atoms with van der Waals surface area (Å²) in [5.74, 6) is 0.193. The SMILES string of the molecule is CCC1CC(C)OC(c2cc(I)c(I)c(I)c2OCCCS(=O)(=O)[O-])O1.[Na+]. The maximum Gasteiger partial charge on any atom is 1.00 e. The van der Waals surface area contributed by atoms with Crippen molar-refractivity contribution in [1.29, 1.82) is 0 Å². The second-order valence-corrected chi connectivity index (χ2v) is 10.9. The molecule has 0 radical (unpaired) electrons. The molecule has 1 aliphatic heterocycles. The van der Waals surface area contributed by atoms with Gasteiger partial charge < -0.3 is 18.8 Å². The van der Waals surface area contributed by atoms with E-state index in [-0.39, 0.29) is 54.8 Å². The smallest absolute Gasteiger partial charge is 0.748 e. The van der Waals surface area contributed by atoms with E-state index in [1.165, 1.54) is 0 Å². The average molecular weight is 744 g/mol. The summed E-state index contributed by atoms with van der Waals surface area (Å²) in [4.78, 5) is 0. The second kappa shape index (κ2) is 12.2. The van der Waals surface area contributed by atoms with Gasteiger partial charge in [0.15, 0.2) is 6.29 Å². The van der Waals surface area contributed by atoms with E-state index < -0.39 is 22.2 Å². The fourth-order valence-electron chi connectivity index (χ4n) is 2.64.